The van der Waals surface area contributed by atoms with E-state index in [1.165, 1.54) is 28.7 Å². The van der Waals surface area contributed by atoms with Crippen molar-refractivity contribution >= 4 is 45.1 Å². The lowest BCUT2D eigenvalue weighted by Crippen LogP contribution is -2.14. The van der Waals surface area contributed by atoms with Crippen molar-refractivity contribution in [2.45, 2.75) is 18.6 Å². The first-order valence-corrected chi connectivity index (χ1v) is 12.5. The van der Waals surface area contributed by atoms with Crippen LogP contribution in [-0.4, -0.2) is 31.4 Å². The standard InChI is InChI=1S/C25H21N5O2S2/c1-3-12-30-23(21-13-18-6-4-5-7-20(18)32-21)28-29-25(30)34-15-22(31)27-24-26-19(14-33-24)17-10-8-16(2)9-11-17/h3-11,13-14H,1,12,15H2,2H3,(H,26,27,31). The predicted molar refractivity (Wildman–Crippen MR) is 137 cm³/mol. The molecule has 5 rings (SSSR count). The first-order chi connectivity index (χ1) is 16.6. The Bertz CT molecular complexity index is 1430. The highest BCUT2D eigenvalue weighted by atomic mass is 32.2. The Morgan fingerprint density at radius 3 is 2.82 bits per heavy atom. The highest BCUT2D eigenvalue weighted by molar-refractivity contribution is 7.99. The van der Waals surface area contributed by atoms with Gasteiger partial charge in [0, 0.05) is 22.9 Å². The van der Waals surface area contributed by atoms with Crippen LogP contribution in [-0.2, 0) is 11.3 Å². The highest BCUT2D eigenvalue weighted by Gasteiger charge is 2.18. The van der Waals surface area contributed by atoms with Crippen molar-refractivity contribution < 1.29 is 9.21 Å². The van der Waals surface area contributed by atoms with Crippen LogP contribution >= 0.6 is 23.1 Å². The van der Waals surface area contributed by atoms with Gasteiger partial charge in [-0.2, -0.15) is 0 Å². The first kappa shape index (κ1) is 22.1. The molecule has 1 amide bonds. The lowest BCUT2D eigenvalue weighted by atomic mass is 10.1. The summed E-state index contributed by atoms with van der Waals surface area (Å²) in [7, 11) is 0. The number of nitrogens with zero attached hydrogens (tertiary/aromatic N) is 4. The fourth-order valence-corrected chi connectivity index (χ4v) is 4.92. The third-order valence-electron chi connectivity index (χ3n) is 5.10. The molecule has 34 heavy (non-hydrogen) atoms. The number of nitrogens with one attached hydrogen (secondary N) is 1. The van der Waals surface area contributed by atoms with Crippen LogP contribution < -0.4 is 5.32 Å². The molecule has 1 N–H and O–H groups in total. The van der Waals surface area contributed by atoms with Gasteiger partial charge in [0.2, 0.25) is 11.7 Å². The van der Waals surface area contributed by atoms with E-state index in [4.69, 9.17) is 4.42 Å². The van der Waals surface area contributed by atoms with Gasteiger partial charge < -0.3 is 9.73 Å². The molecule has 5 aromatic rings. The van der Waals surface area contributed by atoms with E-state index in [1.54, 1.807) is 6.08 Å². The summed E-state index contributed by atoms with van der Waals surface area (Å²) in [5.74, 6) is 1.24. The first-order valence-electron chi connectivity index (χ1n) is 10.6. The summed E-state index contributed by atoms with van der Waals surface area (Å²) in [4.78, 5) is 17.1. The molecule has 170 valence electrons. The second-order valence-electron chi connectivity index (χ2n) is 7.59. The molecule has 9 heteroatoms. The number of anilines is 1. The Kier molecular flexibility index (Phi) is 6.29. The number of carbonyl (C=O) groups is 1. The summed E-state index contributed by atoms with van der Waals surface area (Å²) in [6, 6.07) is 17.9. The van der Waals surface area contributed by atoms with Crippen LogP contribution in [0.5, 0.6) is 0 Å². The molecule has 0 radical (unpaired) electrons. The van der Waals surface area contributed by atoms with Gasteiger partial charge in [0.15, 0.2) is 16.0 Å². The Morgan fingerprint density at radius 1 is 1.21 bits per heavy atom. The van der Waals surface area contributed by atoms with Crippen LogP contribution in [0.3, 0.4) is 0 Å². The van der Waals surface area contributed by atoms with Gasteiger partial charge in [0.25, 0.3) is 0 Å². The van der Waals surface area contributed by atoms with Crippen LogP contribution in [0.4, 0.5) is 5.13 Å². The van der Waals surface area contributed by atoms with Crippen LogP contribution in [0.2, 0.25) is 0 Å². The summed E-state index contributed by atoms with van der Waals surface area (Å²) in [6.45, 7) is 6.38. The lowest BCUT2D eigenvalue weighted by Gasteiger charge is -2.06. The monoisotopic (exact) mass is 487 g/mol. The molecule has 0 unspecified atom stereocenters. The number of fused-ring (bicyclic) bond motifs is 1. The number of para-hydroxylation sites is 1. The zero-order chi connectivity index (χ0) is 23.5. The Hall–Kier alpha value is -3.69. The Labute approximate surface area is 204 Å². The molecule has 0 aliphatic carbocycles. The topological polar surface area (TPSA) is 85.8 Å². The number of amides is 1. The quantitative estimate of drug-likeness (QED) is 0.212. The third kappa shape index (κ3) is 4.66. The molecular weight excluding hydrogens is 466 g/mol. The van der Waals surface area contributed by atoms with Crippen molar-refractivity contribution in [2.24, 2.45) is 0 Å². The largest absolute Gasteiger partial charge is 0.453 e. The predicted octanol–water partition coefficient (Wildman–Crippen LogP) is 6.04. The van der Waals surface area contributed by atoms with Crippen molar-refractivity contribution in [3.8, 4) is 22.8 Å². The Morgan fingerprint density at radius 2 is 2.03 bits per heavy atom. The molecular formula is C25H21N5O2S2. The summed E-state index contributed by atoms with van der Waals surface area (Å²) in [6.07, 6.45) is 1.77. The van der Waals surface area contributed by atoms with E-state index in [2.05, 4.69) is 27.1 Å². The minimum absolute atomic E-state index is 0.159. The number of hydrogen-bond donors (Lipinski definition) is 1. The summed E-state index contributed by atoms with van der Waals surface area (Å²) in [5.41, 5.74) is 3.84. The van der Waals surface area contributed by atoms with Crippen LogP contribution in [0.1, 0.15) is 5.56 Å². The van der Waals surface area contributed by atoms with Crippen molar-refractivity contribution in [2.75, 3.05) is 11.1 Å². The maximum absolute atomic E-state index is 12.6. The van der Waals surface area contributed by atoms with Crippen molar-refractivity contribution in [3.63, 3.8) is 0 Å². The number of thioether (sulfide) groups is 1. The minimum atomic E-state index is -0.159. The number of hydrogen-bond acceptors (Lipinski definition) is 7. The van der Waals surface area contributed by atoms with Crippen molar-refractivity contribution in [1.29, 1.82) is 0 Å². The maximum Gasteiger partial charge on any atom is 0.236 e. The van der Waals surface area contributed by atoms with E-state index in [0.717, 1.165) is 22.2 Å². The Balaban J connectivity index is 1.27. The molecule has 3 aromatic heterocycles. The highest BCUT2D eigenvalue weighted by Crippen LogP contribution is 2.30. The number of benzene rings is 2. The molecule has 2 aromatic carbocycles. The number of thiazole rings is 1. The molecule has 0 aliphatic heterocycles. The fraction of sp³-hybridized carbons (Fsp3) is 0.120. The van der Waals surface area contributed by atoms with E-state index >= 15 is 0 Å². The molecule has 0 spiro atoms. The number of furan rings is 1. The van der Waals surface area contributed by atoms with E-state index in [-0.39, 0.29) is 11.7 Å². The third-order valence-corrected chi connectivity index (χ3v) is 6.83. The molecule has 0 aliphatic rings. The van der Waals surface area contributed by atoms with Crippen LogP contribution in [0.15, 0.2) is 82.2 Å². The van der Waals surface area contributed by atoms with Gasteiger partial charge in [0.05, 0.1) is 11.4 Å². The average Bonchev–Trinajstić information content (AvgIpc) is 3.57. The van der Waals surface area contributed by atoms with Gasteiger partial charge in [0.1, 0.15) is 5.58 Å². The second-order valence-corrected chi connectivity index (χ2v) is 9.40. The summed E-state index contributed by atoms with van der Waals surface area (Å²) < 4.78 is 7.84. The fourth-order valence-electron chi connectivity index (χ4n) is 3.44. The van der Waals surface area contributed by atoms with Crippen LogP contribution in [0.25, 0.3) is 33.8 Å². The molecule has 3 heterocycles. The molecule has 0 bridgehead atoms. The molecule has 0 saturated heterocycles. The number of aryl methyl sites for hydroxylation is 1. The van der Waals surface area contributed by atoms with Crippen LogP contribution in [0, 0.1) is 6.92 Å². The minimum Gasteiger partial charge on any atom is -0.453 e. The lowest BCUT2D eigenvalue weighted by molar-refractivity contribution is -0.113. The summed E-state index contributed by atoms with van der Waals surface area (Å²) in [5, 5.41) is 15.6. The average molecular weight is 488 g/mol. The summed E-state index contributed by atoms with van der Waals surface area (Å²) >= 11 is 2.71. The maximum atomic E-state index is 12.6. The number of allylic oxidation sites excluding steroid dienone is 1. The zero-order valence-corrected chi connectivity index (χ0v) is 20.0. The van der Waals surface area contributed by atoms with Crippen molar-refractivity contribution in [3.05, 3.63) is 78.2 Å². The van der Waals surface area contributed by atoms with E-state index in [0.29, 0.717) is 28.4 Å². The number of rotatable bonds is 8. The molecule has 0 saturated carbocycles. The van der Waals surface area contributed by atoms with Gasteiger partial charge in [-0.15, -0.1) is 28.1 Å². The normalized spacial score (nSPS) is 11.1. The van der Waals surface area contributed by atoms with E-state index in [9.17, 15) is 4.79 Å². The van der Waals surface area contributed by atoms with Gasteiger partial charge >= 0.3 is 0 Å². The van der Waals surface area contributed by atoms with E-state index in [1.807, 2.05) is 71.5 Å². The molecule has 0 fully saturated rings. The number of carbonyl (C=O) groups excluding carboxylic acids is 1. The van der Waals surface area contributed by atoms with Gasteiger partial charge in [-0.25, -0.2) is 4.98 Å². The van der Waals surface area contributed by atoms with Gasteiger partial charge in [-0.3, -0.25) is 9.36 Å². The molecule has 7 nitrogen and oxygen atoms in total. The van der Waals surface area contributed by atoms with Crippen molar-refractivity contribution in [1.82, 2.24) is 19.7 Å². The second kappa shape index (κ2) is 9.66. The SMILES string of the molecule is C=CCn1c(SCC(=O)Nc2nc(-c3ccc(C)cc3)cs2)nnc1-c1cc2ccccc2o1. The molecule has 0 atom stereocenters. The van der Waals surface area contributed by atoms with Gasteiger partial charge in [-0.1, -0.05) is 65.9 Å². The number of aromatic nitrogens is 4. The smallest absolute Gasteiger partial charge is 0.236 e. The zero-order valence-electron chi connectivity index (χ0n) is 18.4. The van der Waals surface area contributed by atoms with E-state index < -0.39 is 0 Å². The van der Waals surface area contributed by atoms with Gasteiger partial charge in [-0.05, 0) is 19.1 Å².